The molecule has 2 aliphatic rings. The Labute approximate surface area is 295 Å². The number of likely N-dealkylation sites (tertiary alicyclic amines) is 1. The molecule has 0 saturated carbocycles. The van der Waals surface area contributed by atoms with Gasteiger partial charge in [-0.1, -0.05) is 12.1 Å². The summed E-state index contributed by atoms with van der Waals surface area (Å²) in [5, 5.41) is 8.80. The van der Waals surface area contributed by atoms with E-state index in [9.17, 15) is 5.26 Å². The van der Waals surface area contributed by atoms with Crippen molar-refractivity contribution in [1.82, 2.24) is 19.9 Å². The molecular formula is C34H29F7N8O2S. The second-order valence-electron chi connectivity index (χ2n) is 12.6. The normalized spacial score (nSPS) is 18.5. The molecule has 5 aromatic rings. The highest BCUT2D eigenvalue weighted by molar-refractivity contribution is 7.23. The third-order valence-corrected chi connectivity index (χ3v) is 10.7. The Hall–Kier alpha value is -5.15. The number of likely N-dealkylation sites (N-methyl/N-ethyl adjacent to an activating group) is 2. The van der Waals surface area contributed by atoms with E-state index in [2.05, 4.69) is 15.0 Å². The van der Waals surface area contributed by atoms with E-state index in [1.54, 1.807) is 6.07 Å². The first-order valence-corrected chi connectivity index (χ1v) is 16.8. The van der Waals surface area contributed by atoms with Crippen LogP contribution in [0.1, 0.15) is 35.4 Å². The van der Waals surface area contributed by atoms with E-state index in [-0.39, 0.29) is 50.5 Å². The fourth-order valence-electron chi connectivity index (χ4n) is 7.13. The van der Waals surface area contributed by atoms with Gasteiger partial charge in [-0.2, -0.15) is 28.4 Å². The van der Waals surface area contributed by atoms with Crippen molar-refractivity contribution >= 4 is 49.0 Å². The number of rotatable bonds is 7. The molecule has 0 bridgehead atoms. The van der Waals surface area contributed by atoms with Crippen molar-refractivity contribution in [3.05, 3.63) is 58.8 Å². The highest BCUT2D eigenvalue weighted by atomic mass is 32.1. The lowest BCUT2D eigenvalue weighted by molar-refractivity contribution is -0.138. The maximum atomic E-state index is 17.2. The predicted octanol–water partition coefficient (Wildman–Crippen LogP) is 6.96. The predicted molar refractivity (Wildman–Crippen MR) is 181 cm³/mol. The molecule has 10 nitrogen and oxygen atoms in total. The fourth-order valence-corrected chi connectivity index (χ4v) is 8.07. The molecule has 7 rings (SSSR count). The molecule has 1 fully saturated rings. The smallest absolute Gasteiger partial charge is 0.420 e. The van der Waals surface area contributed by atoms with Gasteiger partial charge >= 0.3 is 12.2 Å². The van der Waals surface area contributed by atoms with Gasteiger partial charge < -0.3 is 30.7 Å². The van der Waals surface area contributed by atoms with Crippen LogP contribution in [-0.4, -0.2) is 72.2 Å². The van der Waals surface area contributed by atoms with Crippen LogP contribution in [0.25, 0.3) is 32.1 Å². The molecule has 1 saturated heterocycles. The third-order valence-electron chi connectivity index (χ3n) is 9.71. The van der Waals surface area contributed by atoms with Crippen LogP contribution in [0.15, 0.2) is 30.5 Å². The van der Waals surface area contributed by atoms with Crippen LogP contribution in [0.4, 0.5) is 47.4 Å². The highest BCUT2D eigenvalue weighted by Crippen LogP contribution is 2.54. The Morgan fingerprint density at radius 2 is 1.90 bits per heavy atom. The molecule has 2 aromatic carbocycles. The Bertz CT molecular complexity index is 2260. The van der Waals surface area contributed by atoms with Gasteiger partial charge in [0.2, 0.25) is 6.43 Å². The summed E-state index contributed by atoms with van der Waals surface area (Å²) in [5.41, 5.74) is 7.58. The average Bonchev–Trinajstić information content (AvgIpc) is 3.63. The van der Waals surface area contributed by atoms with Crippen molar-refractivity contribution in [2.75, 3.05) is 50.2 Å². The van der Waals surface area contributed by atoms with Crippen LogP contribution in [0.2, 0.25) is 0 Å². The van der Waals surface area contributed by atoms with Gasteiger partial charge in [0.25, 0.3) is 0 Å². The first kappa shape index (κ1) is 35.3. The lowest BCUT2D eigenvalue weighted by atomic mass is 9.91. The molecule has 5 heterocycles. The van der Waals surface area contributed by atoms with Crippen molar-refractivity contribution < 1.29 is 40.2 Å². The summed E-state index contributed by atoms with van der Waals surface area (Å²) in [6.45, 7) is 0.0466. The Morgan fingerprint density at radius 3 is 2.56 bits per heavy atom. The molecule has 0 amide bonds. The van der Waals surface area contributed by atoms with Crippen molar-refractivity contribution in [2.24, 2.45) is 0 Å². The molecule has 4 N–H and O–H groups in total. The van der Waals surface area contributed by atoms with Gasteiger partial charge in [-0.25, -0.2) is 22.5 Å². The van der Waals surface area contributed by atoms with Crippen molar-refractivity contribution in [2.45, 2.75) is 43.4 Å². The van der Waals surface area contributed by atoms with Gasteiger partial charge in [0.05, 0.1) is 27.6 Å². The number of alkyl halides is 5. The van der Waals surface area contributed by atoms with Crippen LogP contribution in [0.3, 0.4) is 0 Å². The second kappa shape index (κ2) is 13.1. The molecule has 52 heavy (non-hydrogen) atoms. The van der Waals surface area contributed by atoms with Gasteiger partial charge in [0.1, 0.15) is 58.6 Å². The van der Waals surface area contributed by atoms with Crippen LogP contribution in [0.5, 0.6) is 11.8 Å². The quantitative estimate of drug-likeness (QED) is 0.168. The summed E-state index contributed by atoms with van der Waals surface area (Å²) in [6.07, 6.45) is -5.53. The second-order valence-corrected chi connectivity index (χ2v) is 13.7. The Balaban J connectivity index is 1.54. The summed E-state index contributed by atoms with van der Waals surface area (Å²) < 4.78 is 120. The molecule has 272 valence electrons. The Kier molecular flexibility index (Phi) is 8.90. The van der Waals surface area contributed by atoms with Gasteiger partial charge in [-0.15, -0.1) is 11.3 Å². The van der Waals surface area contributed by atoms with Crippen molar-refractivity contribution in [3.63, 3.8) is 0 Å². The fraction of sp³-hybridized carbons (Fsp3) is 0.353. The number of pyridine rings is 1. The van der Waals surface area contributed by atoms with E-state index in [1.807, 2.05) is 11.9 Å². The number of thiophene rings is 1. The number of ether oxygens (including phenoxy) is 2. The molecule has 0 aliphatic carbocycles. The van der Waals surface area contributed by atoms with E-state index >= 15 is 30.7 Å². The minimum atomic E-state index is -5.36. The van der Waals surface area contributed by atoms with E-state index in [4.69, 9.17) is 20.9 Å². The van der Waals surface area contributed by atoms with Crippen LogP contribution >= 0.6 is 11.3 Å². The molecule has 1 unspecified atom stereocenters. The van der Waals surface area contributed by atoms with Gasteiger partial charge in [0, 0.05) is 35.8 Å². The zero-order chi connectivity index (χ0) is 37.2. The van der Waals surface area contributed by atoms with Crippen LogP contribution < -0.4 is 25.8 Å². The standard InChI is InChI=1S/C34H29F7N8O2S/c1-48-10-4-5-14(48)12-51-33-46-26-23-27(50-13-19(49(2)32(23)47-33)21(29(37)38)16-6-3-9-45-30(16)43)24(34(39,40)41)22(25(26)36)15-7-8-18(35)28-20(15)17(11-42)31(44)52-28/h3,6-9,14,19,21,29H,4-5,10,12-13,44H2,1-2H3,(H2,43,45)/t14-,19?,21+/m0/s1. The lowest BCUT2D eigenvalue weighted by Crippen LogP contribution is -2.44. The van der Waals surface area contributed by atoms with Crippen molar-refractivity contribution in [3.8, 4) is 29.0 Å². The number of fused-ring (bicyclic) bond motifs is 1. The zero-order valence-electron chi connectivity index (χ0n) is 27.4. The first-order valence-electron chi connectivity index (χ1n) is 15.9. The number of halogens is 7. The summed E-state index contributed by atoms with van der Waals surface area (Å²) in [4.78, 5) is 15.7. The number of nitrogens with zero attached hydrogens (tertiary/aromatic N) is 6. The van der Waals surface area contributed by atoms with Gasteiger partial charge in [-0.05, 0) is 44.1 Å². The van der Waals surface area contributed by atoms with Gasteiger partial charge in [0.15, 0.2) is 5.82 Å². The number of anilines is 3. The van der Waals surface area contributed by atoms with Crippen LogP contribution in [-0.2, 0) is 6.18 Å². The number of aromatic nitrogens is 3. The number of nitrogen functional groups attached to an aromatic ring is 2. The van der Waals surface area contributed by atoms with E-state index in [0.717, 1.165) is 31.5 Å². The largest absolute Gasteiger partial charge is 0.490 e. The third kappa shape index (κ3) is 5.71. The Morgan fingerprint density at radius 1 is 1.13 bits per heavy atom. The zero-order valence-corrected chi connectivity index (χ0v) is 28.3. The monoisotopic (exact) mass is 746 g/mol. The molecule has 3 aromatic heterocycles. The van der Waals surface area contributed by atoms with E-state index < -0.39 is 82.2 Å². The molecule has 2 aliphatic heterocycles. The topological polar surface area (TPSA) is 139 Å². The molecule has 0 radical (unpaired) electrons. The van der Waals surface area contributed by atoms with Crippen LogP contribution in [0, 0.1) is 23.0 Å². The summed E-state index contributed by atoms with van der Waals surface area (Å²) in [5.74, 6) is -5.72. The number of nitrogens with two attached hydrogens (primary N) is 2. The maximum Gasteiger partial charge on any atom is 0.420 e. The van der Waals surface area contributed by atoms with Crippen molar-refractivity contribution in [1.29, 1.82) is 5.26 Å². The van der Waals surface area contributed by atoms with E-state index in [0.29, 0.717) is 11.3 Å². The molecule has 3 atom stereocenters. The molecular weight excluding hydrogens is 717 g/mol. The minimum absolute atomic E-state index is 0.0389. The summed E-state index contributed by atoms with van der Waals surface area (Å²) in [7, 11) is 3.20. The summed E-state index contributed by atoms with van der Waals surface area (Å²) in [6, 6.07) is 4.31. The summed E-state index contributed by atoms with van der Waals surface area (Å²) >= 11 is 0.618. The number of nitriles is 1. The highest BCUT2D eigenvalue weighted by Gasteiger charge is 2.46. The average molecular weight is 747 g/mol. The first-order chi connectivity index (χ1) is 24.7. The maximum absolute atomic E-state index is 17.2. The number of hydrogen-bond donors (Lipinski definition) is 2. The van der Waals surface area contributed by atoms with Gasteiger partial charge in [-0.3, -0.25) is 0 Å². The molecule has 0 spiro atoms. The number of hydrogen-bond acceptors (Lipinski definition) is 11. The SMILES string of the molecule is CN1c2nc(OC[C@@H]3CCCN3C)nc3c(F)c(-c4ccc(F)c5sc(N)c(C#N)c45)c(C(F)(F)F)c(c23)OCC1[C@@H](c1cccnc1N)C(F)F. The van der Waals surface area contributed by atoms with E-state index in [1.165, 1.54) is 30.3 Å². The number of benzene rings is 2. The minimum Gasteiger partial charge on any atom is -0.490 e. The lowest BCUT2D eigenvalue weighted by Gasteiger charge is -2.34. The molecule has 18 heteroatoms.